The number of nitrogens with zero attached hydrogens (tertiary/aromatic N) is 2. The lowest BCUT2D eigenvalue weighted by Crippen LogP contribution is -2.53. The number of carbonyl (C=O) groups is 1. The predicted molar refractivity (Wildman–Crippen MR) is 146 cm³/mol. The van der Waals surface area contributed by atoms with E-state index in [9.17, 15) is 13.2 Å². The molecular formula is C26H32ClN5O4S. The van der Waals surface area contributed by atoms with Gasteiger partial charge in [-0.05, 0) is 65.4 Å². The van der Waals surface area contributed by atoms with Crippen LogP contribution < -0.4 is 15.3 Å². The Morgan fingerprint density at radius 1 is 1.11 bits per heavy atom. The first-order valence-electron chi connectivity index (χ1n) is 11.8. The Morgan fingerprint density at radius 2 is 1.78 bits per heavy atom. The number of benzene rings is 3. The molecule has 3 aromatic carbocycles. The van der Waals surface area contributed by atoms with Crippen molar-refractivity contribution in [2.45, 2.75) is 31.2 Å². The summed E-state index contributed by atoms with van der Waals surface area (Å²) in [7, 11) is -2.50. The fourth-order valence-corrected chi connectivity index (χ4v) is 5.29. The molecule has 0 radical (unpaired) electrons. The molecule has 2 amide bonds. The molecule has 0 bridgehead atoms. The number of hydrazine groups is 1. The van der Waals surface area contributed by atoms with Crippen molar-refractivity contribution in [3.05, 3.63) is 71.8 Å². The van der Waals surface area contributed by atoms with Crippen LogP contribution in [0.25, 0.3) is 10.8 Å². The molecule has 0 saturated carbocycles. The van der Waals surface area contributed by atoms with E-state index >= 15 is 0 Å². The van der Waals surface area contributed by atoms with E-state index in [-0.39, 0.29) is 29.7 Å². The van der Waals surface area contributed by atoms with Crippen LogP contribution in [0.2, 0.25) is 0 Å². The van der Waals surface area contributed by atoms with Gasteiger partial charge in [0.15, 0.2) is 0 Å². The third kappa shape index (κ3) is 6.71. The summed E-state index contributed by atoms with van der Waals surface area (Å²) in [6.07, 6.45) is 1.72. The van der Waals surface area contributed by atoms with Crippen LogP contribution in [0.15, 0.2) is 65.6 Å². The van der Waals surface area contributed by atoms with Crippen LogP contribution in [0, 0.1) is 11.3 Å². The first-order chi connectivity index (χ1) is 17.2. The average Bonchev–Trinajstić information content (AvgIpc) is 2.87. The second kappa shape index (κ2) is 11.8. The Hall–Kier alpha value is -3.34. The monoisotopic (exact) mass is 545 g/mol. The SMILES string of the molecule is COc1ccc2cc(S(=O)(=O)NN(Cc3cccc(C(=N)N)c3)C(=O)N3CCC(C)CC3)ccc2c1.Cl. The number of hydrogen-bond donors (Lipinski definition) is 3. The fraction of sp³-hybridized carbons (Fsp3) is 0.308. The minimum Gasteiger partial charge on any atom is -0.497 e. The van der Waals surface area contributed by atoms with E-state index < -0.39 is 16.1 Å². The zero-order valence-electron chi connectivity index (χ0n) is 20.8. The van der Waals surface area contributed by atoms with E-state index in [2.05, 4.69) is 11.8 Å². The fourth-order valence-electron chi connectivity index (χ4n) is 4.22. The highest BCUT2D eigenvalue weighted by molar-refractivity contribution is 7.89. The molecule has 9 nitrogen and oxygen atoms in total. The van der Waals surface area contributed by atoms with Gasteiger partial charge in [0.25, 0.3) is 10.0 Å². The topological polar surface area (TPSA) is 129 Å². The van der Waals surface area contributed by atoms with E-state index in [1.165, 1.54) is 6.07 Å². The average molecular weight is 546 g/mol. The molecule has 1 heterocycles. The van der Waals surface area contributed by atoms with Crippen molar-refractivity contribution >= 4 is 45.1 Å². The summed E-state index contributed by atoms with van der Waals surface area (Å²) in [4.78, 5) is 17.7. The molecule has 0 atom stereocenters. The molecule has 3 aromatic rings. The van der Waals surface area contributed by atoms with Gasteiger partial charge in [-0.25, -0.2) is 18.2 Å². The third-order valence-electron chi connectivity index (χ3n) is 6.42. The number of urea groups is 1. The molecule has 1 fully saturated rings. The van der Waals surface area contributed by atoms with Gasteiger partial charge in [0.2, 0.25) is 0 Å². The molecule has 0 unspecified atom stereocenters. The summed E-state index contributed by atoms with van der Waals surface area (Å²) in [5, 5.41) is 10.4. The van der Waals surface area contributed by atoms with Crippen LogP contribution in [0.3, 0.4) is 0 Å². The maximum absolute atomic E-state index is 13.5. The van der Waals surface area contributed by atoms with Gasteiger partial charge in [-0.3, -0.25) is 5.41 Å². The highest BCUT2D eigenvalue weighted by Crippen LogP contribution is 2.24. The molecule has 0 aliphatic carbocycles. The van der Waals surface area contributed by atoms with Gasteiger partial charge >= 0.3 is 6.03 Å². The zero-order chi connectivity index (χ0) is 25.9. The maximum atomic E-state index is 13.5. The zero-order valence-corrected chi connectivity index (χ0v) is 22.4. The van der Waals surface area contributed by atoms with Crippen molar-refractivity contribution in [3.8, 4) is 5.75 Å². The van der Waals surface area contributed by atoms with Gasteiger partial charge in [-0.1, -0.05) is 37.3 Å². The molecule has 1 aliphatic rings. The highest BCUT2D eigenvalue weighted by Gasteiger charge is 2.29. The number of rotatable bonds is 7. The van der Waals surface area contributed by atoms with Gasteiger partial charge in [-0.2, -0.15) is 0 Å². The summed E-state index contributed by atoms with van der Waals surface area (Å²) in [5.74, 6) is 1.09. The Balaban J connectivity index is 0.00000380. The number of methoxy groups -OCH3 is 1. The van der Waals surface area contributed by atoms with E-state index in [1.54, 1.807) is 60.5 Å². The van der Waals surface area contributed by atoms with E-state index in [1.807, 2.05) is 6.07 Å². The summed E-state index contributed by atoms with van der Waals surface area (Å²) in [6.45, 7) is 3.24. The number of halogens is 1. The van der Waals surface area contributed by atoms with Crippen molar-refractivity contribution in [2.24, 2.45) is 11.7 Å². The number of nitrogens with two attached hydrogens (primary N) is 1. The lowest BCUT2D eigenvalue weighted by atomic mass is 10.00. The molecular weight excluding hydrogens is 514 g/mol. The maximum Gasteiger partial charge on any atom is 0.335 e. The smallest absolute Gasteiger partial charge is 0.335 e. The molecule has 4 N–H and O–H groups in total. The number of nitrogen functional groups attached to an aromatic ring is 1. The third-order valence-corrected chi connectivity index (χ3v) is 7.76. The highest BCUT2D eigenvalue weighted by atomic mass is 35.5. The van der Waals surface area contributed by atoms with Crippen molar-refractivity contribution in [1.29, 1.82) is 5.41 Å². The Bertz CT molecular complexity index is 1390. The number of likely N-dealkylation sites (tertiary alicyclic amines) is 1. The molecule has 0 spiro atoms. The predicted octanol–water partition coefficient (Wildman–Crippen LogP) is 4.10. The number of piperidine rings is 1. The van der Waals surface area contributed by atoms with Crippen LogP contribution in [0.4, 0.5) is 4.79 Å². The van der Waals surface area contributed by atoms with Gasteiger partial charge in [0.1, 0.15) is 11.6 Å². The minimum atomic E-state index is -4.08. The second-order valence-electron chi connectivity index (χ2n) is 9.12. The first-order valence-corrected chi connectivity index (χ1v) is 13.2. The standard InChI is InChI=1S/C26H31N5O4S.ClH/c1-18-10-12-30(13-11-18)26(32)31(17-19-4-3-5-22(14-19)25(27)28)29-36(33,34)24-9-7-20-15-23(35-2)8-6-21(20)16-24;/h3-9,14-16,18,29H,10-13,17H2,1-2H3,(H3,27,28);1H. The Labute approximate surface area is 223 Å². The molecule has 1 aliphatic heterocycles. The van der Waals surface area contributed by atoms with Crippen molar-refractivity contribution in [1.82, 2.24) is 14.7 Å². The summed E-state index contributed by atoms with van der Waals surface area (Å²) in [5.41, 5.74) is 6.77. The van der Waals surface area contributed by atoms with Crippen LogP contribution in [0.1, 0.15) is 30.9 Å². The van der Waals surface area contributed by atoms with Crippen LogP contribution in [-0.4, -0.2) is 50.4 Å². The van der Waals surface area contributed by atoms with Crippen molar-refractivity contribution in [3.63, 3.8) is 0 Å². The van der Waals surface area contributed by atoms with Gasteiger partial charge in [0, 0.05) is 18.7 Å². The van der Waals surface area contributed by atoms with Crippen LogP contribution in [-0.2, 0) is 16.6 Å². The number of ether oxygens (including phenoxy) is 1. The van der Waals surface area contributed by atoms with Crippen LogP contribution >= 0.6 is 12.4 Å². The van der Waals surface area contributed by atoms with Crippen molar-refractivity contribution in [2.75, 3.05) is 20.2 Å². The van der Waals surface area contributed by atoms with Gasteiger partial charge < -0.3 is 15.4 Å². The van der Waals surface area contributed by atoms with E-state index in [0.29, 0.717) is 35.9 Å². The van der Waals surface area contributed by atoms with Crippen molar-refractivity contribution < 1.29 is 17.9 Å². The number of sulfonamides is 1. The molecule has 37 heavy (non-hydrogen) atoms. The molecule has 4 rings (SSSR count). The quantitative estimate of drug-likeness (QED) is 0.234. The molecule has 11 heteroatoms. The summed E-state index contributed by atoms with van der Waals surface area (Å²) < 4.78 is 32.1. The number of hydrogen-bond acceptors (Lipinski definition) is 5. The minimum absolute atomic E-state index is 0. The molecule has 198 valence electrons. The Kier molecular flexibility index (Phi) is 9.01. The lowest BCUT2D eigenvalue weighted by molar-refractivity contribution is 0.124. The largest absolute Gasteiger partial charge is 0.497 e. The lowest BCUT2D eigenvalue weighted by Gasteiger charge is -2.34. The first kappa shape index (κ1) is 28.2. The van der Waals surface area contributed by atoms with Gasteiger partial charge in [0.05, 0.1) is 18.6 Å². The Morgan fingerprint density at radius 3 is 2.46 bits per heavy atom. The van der Waals surface area contributed by atoms with E-state index in [0.717, 1.165) is 28.6 Å². The normalized spacial score (nSPS) is 14.2. The second-order valence-corrected chi connectivity index (χ2v) is 10.8. The van der Waals surface area contributed by atoms with Gasteiger partial charge in [-0.15, -0.1) is 17.2 Å². The summed E-state index contributed by atoms with van der Waals surface area (Å²) in [6, 6.07) is 16.6. The number of nitrogens with one attached hydrogen (secondary N) is 2. The van der Waals surface area contributed by atoms with Crippen LogP contribution in [0.5, 0.6) is 5.75 Å². The molecule has 1 saturated heterocycles. The number of amides is 2. The van der Waals surface area contributed by atoms with E-state index in [4.69, 9.17) is 15.9 Å². The summed E-state index contributed by atoms with van der Waals surface area (Å²) >= 11 is 0. The number of fused-ring (bicyclic) bond motifs is 1. The molecule has 0 aromatic heterocycles. The number of amidine groups is 1. The number of carbonyl (C=O) groups excluding carboxylic acids is 1.